The topological polar surface area (TPSA) is 80.1 Å². The largest absolute Gasteiger partial charge is 0.362 e. The van der Waals surface area contributed by atoms with Crippen molar-refractivity contribution in [2.45, 2.75) is 32.2 Å². The minimum atomic E-state index is -0.385. The Bertz CT molecular complexity index is 428. The molecule has 0 bridgehead atoms. The third-order valence-corrected chi connectivity index (χ3v) is 3.13. The molecule has 1 aromatic rings. The van der Waals surface area contributed by atoms with E-state index in [4.69, 9.17) is 0 Å². The lowest BCUT2D eigenvalue weighted by molar-refractivity contribution is -0.384. The standard InChI is InChI=1S/C12H18N4O2/c1-9-4-5-11(16(17)18)12(14-9)15-10-3-2-7-13-8-6-10/h4-5,10,13H,2-3,6-8H2,1H3,(H,14,15). The maximum atomic E-state index is 11.0. The Hall–Kier alpha value is -1.69. The average Bonchev–Trinajstić information content (AvgIpc) is 2.57. The average molecular weight is 250 g/mol. The summed E-state index contributed by atoms with van der Waals surface area (Å²) >= 11 is 0. The SMILES string of the molecule is Cc1ccc([N+](=O)[O-])c(NC2CCCNCC2)n1. The van der Waals surface area contributed by atoms with Gasteiger partial charge in [-0.2, -0.15) is 0 Å². The van der Waals surface area contributed by atoms with Crippen molar-refractivity contribution in [2.24, 2.45) is 0 Å². The highest BCUT2D eigenvalue weighted by molar-refractivity contribution is 5.56. The third-order valence-electron chi connectivity index (χ3n) is 3.13. The molecule has 1 atom stereocenters. The number of hydrogen-bond donors (Lipinski definition) is 2. The fraction of sp³-hybridized carbons (Fsp3) is 0.583. The van der Waals surface area contributed by atoms with E-state index in [-0.39, 0.29) is 16.7 Å². The van der Waals surface area contributed by atoms with Gasteiger partial charge in [0.05, 0.1) is 4.92 Å². The van der Waals surface area contributed by atoms with Crippen molar-refractivity contribution in [1.82, 2.24) is 10.3 Å². The zero-order valence-electron chi connectivity index (χ0n) is 10.5. The van der Waals surface area contributed by atoms with Gasteiger partial charge in [0, 0.05) is 17.8 Å². The van der Waals surface area contributed by atoms with E-state index >= 15 is 0 Å². The van der Waals surface area contributed by atoms with Gasteiger partial charge in [-0.3, -0.25) is 10.1 Å². The predicted molar refractivity (Wildman–Crippen MR) is 69.8 cm³/mol. The number of nitrogens with zero attached hydrogens (tertiary/aromatic N) is 2. The summed E-state index contributed by atoms with van der Waals surface area (Å²) in [6.45, 7) is 3.79. The quantitative estimate of drug-likeness (QED) is 0.632. The Morgan fingerprint density at radius 3 is 3.06 bits per heavy atom. The number of pyridine rings is 1. The first-order chi connectivity index (χ1) is 8.66. The fourth-order valence-electron chi connectivity index (χ4n) is 2.16. The monoisotopic (exact) mass is 250 g/mol. The molecule has 0 aromatic carbocycles. The van der Waals surface area contributed by atoms with E-state index in [1.165, 1.54) is 6.07 Å². The van der Waals surface area contributed by atoms with Crippen LogP contribution in [0.5, 0.6) is 0 Å². The molecule has 1 unspecified atom stereocenters. The molecular formula is C12H18N4O2. The van der Waals surface area contributed by atoms with Crippen LogP contribution >= 0.6 is 0 Å². The maximum absolute atomic E-state index is 11.0. The van der Waals surface area contributed by atoms with Gasteiger partial charge in [-0.15, -0.1) is 0 Å². The van der Waals surface area contributed by atoms with Crippen molar-refractivity contribution < 1.29 is 4.92 Å². The van der Waals surface area contributed by atoms with Gasteiger partial charge in [-0.05, 0) is 45.3 Å². The Labute approximate surface area is 106 Å². The van der Waals surface area contributed by atoms with Crippen LogP contribution in [-0.2, 0) is 0 Å². The molecule has 1 aliphatic rings. The minimum Gasteiger partial charge on any atom is -0.362 e. The van der Waals surface area contributed by atoms with E-state index in [0.717, 1.165) is 38.0 Å². The molecule has 1 fully saturated rings. The van der Waals surface area contributed by atoms with Crippen molar-refractivity contribution >= 4 is 11.5 Å². The molecule has 0 saturated carbocycles. The molecule has 0 spiro atoms. The lowest BCUT2D eigenvalue weighted by Gasteiger charge is -2.16. The van der Waals surface area contributed by atoms with Crippen molar-refractivity contribution in [3.05, 3.63) is 27.9 Å². The molecule has 2 heterocycles. The highest BCUT2D eigenvalue weighted by Gasteiger charge is 2.19. The van der Waals surface area contributed by atoms with Crippen molar-refractivity contribution in [1.29, 1.82) is 0 Å². The Balaban J connectivity index is 2.15. The molecule has 2 N–H and O–H groups in total. The molecule has 1 aliphatic heterocycles. The van der Waals surface area contributed by atoms with E-state index in [2.05, 4.69) is 15.6 Å². The number of nitrogens with one attached hydrogen (secondary N) is 2. The lowest BCUT2D eigenvalue weighted by Crippen LogP contribution is -2.22. The second-order valence-electron chi connectivity index (χ2n) is 4.60. The first-order valence-electron chi connectivity index (χ1n) is 6.26. The molecule has 98 valence electrons. The number of hydrogen-bond acceptors (Lipinski definition) is 5. The molecule has 0 aliphatic carbocycles. The summed E-state index contributed by atoms with van der Waals surface area (Å²) in [5.74, 6) is 0.395. The van der Waals surface area contributed by atoms with Crippen LogP contribution < -0.4 is 10.6 Å². The molecule has 6 heteroatoms. The zero-order valence-corrected chi connectivity index (χ0v) is 10.5. The Kier molecular flexibility index (Phi) is 4.09. The van der Waals surface area contributed by atoms with Crippen LogP contribution in [0.3, 0.4) is 0 Å². The van der Waals surface area contributed by atoms with Gasteiger partial charge < -0.3 is 10.6 Å². The number of anilines is 1. The Morgan fingerprint density at radius 1 is 1.44 bits per heavy atom. The molecule has 1 aromatic heterocycles. The summed E-state index contributed by atoms with van der Waals surface area (Å²) in [6.07, 6.45) is 3.06. The smallest absolute Gasteiger partial charge is 0.311 e. The van der Waals surface area contributed by atoms with Crippen molar-refractivity contribution in [2.75, 3.05) is 18.4 Å². The van der Waals surface area contributed by atoms with Gasteiger partial charge in [0.25, 0.3) is 0 Å². The molecule has 18 heavy (non-hydrogen) atoms. The first-order valence-corrected chi connectivity index (χ1v) is 6.26. The summed E-state index contributed by atoms with van der Waals surface area (Å²) in [5.41, 5.74) is 0.840. The van der Waals surface area contributed by atoms with Crippen LogP contribution in [-0.4, -0.2) is 29.0 Å². The van der Waals surface area contributed by atoms with Crippen LogP contribution in [0, 0.1) is 17.0 Å². The maximum Gasteiger partial charge on any atom is 0.311 e. The summed E-state index contributed by atoms with van der Waals surface area (Å²) in [7, 11) is 0. The lowest BCUT2D eigenvalue weighted by atomic mass is 10.1. The summed E-state index contributed by atoms with van der Waals surface area (Å²) in [4.78, 5) is 14.8. The second-order valence-corrected chi connectivity index (χ2v) is 4.60. The van der Waals surface area contributed by atoms with Gasteiger partial charge in [0.15, 0.2) is 0 Å². The van der Waals surface area contributed by atoms with E-state index in [9.17, 15) is 10.1 Å². The van der Waals surface area contributed by atoms with Crippen molar-refractivity contribution in [3.63, 3.8) is 0 Å². The highest BCUT2D eigenvalue weighted by Crippen LogP contribution is 2.24. The van der Waals surface area contributed by atoms with Crippen LogP contribution in [0.1, 0.15) is 25.0 Å². The molecule has 6 nitrogen and oxygen atoms in total. The zero-order chi connectivity index (χ0) is 13.0. The minimum absolute atomic E-state index is 0.0535. The molecule has 2 rings (SSSR count). The number of aromatic nitrogens is 1. The molecular weight excluding hydrogens is 232 g/mol. The first kappa shape index (κ1) is 12.8. The predicted octanol–water partition coefficient (Wildman–Crippen LogP) is 1.85. The molecule has 0 amide bonds. The van der Waals surface area contributed by atoms with Crippen LogP contribution in [0.25, 0.3) is 0 Å². The normalized spacial score (nSPS) is 20.2. The summed E-state index contributed by atoms with van der Waals surface area (Å²) in [5, 5.41) is 17.5. The fourth-order valence-corrected chi connectivity index (χ4v) is 2.16. The highest BCUT2D eigenvalue weighted by atomic mass is 16.6. The number of rotatable bonds is 3. The van der Waals surface area contributed by atoms with Crippen molar-refractivity contribution in [3.8, 4) is 0 Å². The number of aryl methyl sites for hydroxylation is 1. The third kappa shape index (κ3) is 3.16. The molecule has 1 saturated heterocycles. The summed E-state index contributed by atoms with van der Waals surface area (Å²) < 4.78 is 0. The van der Waals surface area contributed by atoms with Crippen LogP contribution in [0.4, 0.5) is 11.5 Å². The van der Waals surface area contributed by atoms with Gasteiger partial charge in [-0.25, -0.2) is 4.98 Å². The van der Waals surface area contributed by atoms with Crippen LogP contribution in [0.15, 0.2) is 12.1 Å². The van der Waals surface area contributed by atoms with E-state index in [1.54, 1.807) is 6.07 Å². The van der Waals surface area contributed by atoms with Crippen LogP contribution in [0.2, 0.25) is 0 Å². The van der Waals surface area contributed by atoms with E-state index in [0.29, 0.717) is 5.82 Å². The number of nitro groups is 1. The van der Waals surface area contributed by atoms with E-state index < -0.39 is 0 Å². The van der Waals surface area contributed by atoms with Gasteiger partial charge in [0.1, 0.15) is 0 Å². The second kappa shape index (κ2) is 5.77. The summed E-state index contributed by atoms with van der Waals surface area (Å²) in [6, 6.07) is 3.44. The Morgan fingerprint density at radius 2 is 2.28 bits per heavy atom. The molecule has 0 radical (unpaired) electrons. The van der Waals surface area contributed by atoms with Gasteiger partial charge in [0.2, 0.25) is 5.82 Å². The van der Waals surface area contributed by atoms with Gasteiger partial charge in [-0.1, -0.05) is 0 Å². The van der Waals surface area contributed by atoms with E-state index in [1.807, 2.05) is 6.92 Å². The van der Waals surface area contributed by atoms with Gasteiger partial charge >= 0.3 is 5.69 Å².